The molecule has 1 fully saturated rings. The van der Waals surface area contributed by atoms with Crippen molar-refractivity contribution in [2.45, 2.75) is 46.5 Å². The molecule has 0 amide bonds. The zero-order chi connectivity index (χ0) is 24.2. The highest BCUT2D eigenvalue weighted by Gasteiger charge is 2.20. The lowest BCUT2D eigenvalue weighted by molar-refractivity contribution is -0.138. The predicted octanol–water partition coefficient (Wildman–Crippen LogP) is 4.28. The van der Waals surface area contributed by atoms with Crippen molar-refractivity contribution >= 4 is 17.9 Å². The fraction of sp³-hybridized carbons (Fsp3) is 0.571. The highest BCUT2D eigenvalue weighted by atomic mass is 16.5. The first kappa shape index (κ1) is 26.0. The summed E-state index contributed by atoms with van der Waals surface area (Å²) in [4.78, 5) is 22.0. The van der Waals surface area contributed by atoms with Gasteiger partial charge in [0.25, 0.3) is 0 Å². The predicted molar refractivity (Wildman–Crippen MR) is 142 cm³/mol. The number of piperazine rings is 1. The number of benzene rings is 1. The van der Waals surface area contributed by atoms with E-state index < -0.39 is 0 Å². The summed E-state index contributed by atoms with van der Waals surface area (Å²) in [6.45, 7) is 14.0. The van der Waals surface area contributed by atoms with E-state index >= 15 is 0 Å². The molecule has 2 heterocycles. The molecule has 1 unspecified atom stereocenters. The molecule has 186 valence electrons. The van der Waals surface area contributed by atoms with Gasteiger partial charge in [0.15, 0.2) is 0 Å². The third-order valence-electron chi connectivity index (χ3n) is 6.79. The molecule has 0 bridgehead atoms. The molecule has 0 radical (unpaired) electrons. The van der Waals surface area contributed by atoms with Gasteiger partial charge >= 0.3 is 5.97 Å². The molecule has 2 aliphatic rings. The second-order valence-electron chi connectivity index (χ2n) is 9.46. The fourth-order valence-corrected chi connectivity index (χ4v) is 4.37. The number of aryl methyl sites for hydroxylation is 2. The average molecular weight is 467 g/mol. The number of nitrogens with zero attached hydrogens (tertiary/aromatic N) is 3. The number of ether oxygens (including phenoxy) is 1. The summed E-state index contributed by atoms with van der Waals surface area (Å²) in [5.41, 5.74) is 4.57. The Kier molecular flexibility index (Phi) is 10.7. The molecule has 1 aromatic rings. The van der Waals surface area contributed by atoms with Crippen LogP contribution < -0.4 is 10.2 Å². The normalized spacial score (nSPS) is 22.6. The minimum atomic E-state index is -0.294. The number of nitrogens with one attached hydrogen (secondary N) is 1. The molecule has 2 aliphatic heterocycles. The maximum Gasteiger partial charge on any atom is 0.339 e. The van der Waals surface area contributed by atoms with E-state index in [9.17, 15) is 4.79 Å². The molecular weight excluding hydrogens is 424 g/mol. The molecular formula is C28H42N4O2. The van der Waals surface area contributed by atoms with Gasteiger partial charge in [0, 0.05) is 57.7 Å². The SMILES string of the molecule is CCCCOC(=O)/C1=C/C=C/NCCC(CN2CCN(c3ccc(C)c(C)c3)CC2)CCN=C1. The molecule has 0 spiro atoms. The van der Waals surface area contributed by atoms with Crippen LogP contribution in [0.3, 0.4) is 0 Å². The van der Waals surface area contributed by atoms with Crippen molar-refractivity contribution in [2.24, 2.45) is 10.9 Å². The van der Waals surface area contributed by atoms with Crippen molar-refractivity contribution in [3.05, 3.63) is 53.3 Å². The van der Waals surface area contributed by atoms with Crippen LogP contribution in [0.2, 0.25) is 0 Å². The summed E-state index contributed by atoms with van der Waals surface area (Å²) in [5, 5.41) is 3.37. The van der Waals surface area contributed by atoms with E-state index in [1.165, 1.54) is 16.8 Å². The van der Waals surface area contributed by atoms with Crippen LogP contribution in [0.4, 0.5) is 5.69 Å². The number of anilines is 1. The molecule has 0 saturated carbocycles. The summed E-state index contributed by atoms with van der Waals surface area (Å²) < 4.78 is 5.36. The van der Waals surface area contributed by atoms with Crippen molar-refractivity contribution in [1.29, 1.82) is 0 Å². The van der Waals surface area contributed by atoms with Gasteiger partial charge in [-0.25, -0.2) is 4.79 Å². The Morgan fingerprint density at radius 1 is 1.15 bits per heavy atom. The van der Waals surface area contributed by atoms with Gasteiger partial charge in [-0.15, -0.1) is 0 Å². The van der Waals surface area contributed by atoms with Gasteiger partial charge in [-0.3, -0.25) is 9.89 Å². The molecule has 6 heteroatoms. The zero-order valence-electron chi connectivity index (χ0n) is 21.3. The highest BCUT2D eigenvalue weighted by molar-refractivity contribution is 6.09. The van der Waals surface area contributed by atoms with Crippen LogP contribution in [0, 0.1) is 19.8 Å². The molecule has 1 aromatic carbocycles. The second-order valence-corrected chi connectivity index (χ2v) is 9.46. The van der Waals surface area contributed by atoms with E-state index in [4.69, 9.17) is 4.74 Å². The minimum Gasteiger partial charge on any atom is -0.462 e. The van der Waals surface area contributed by atoms with Crippen molar-refractivity contribution in [2.75, 3.05) is 57.3 Å². The molecule has 34 heavy (non-hydrogen) atoms. The Morgan fingerprint density at radius 3 is 2.74 bits per heavy atom. The molecule has 1 saturated heterocycles. The third kappa shape index (κ3) is 8.32. The minimum absolute atomic E-state index is 0.294. The maximum absolute atomic E-state index is 12.3. The highest BCUT2D eigenvalue weighted by Crippen LogP contribution is 2.21. The van der Waals surface area contributed by atoms with Crippen molar-refractivity contribution in [3.63, 3.8) is 0 Å². The van der Waals surface area contributed by atoms with Gasteiger partial charge < -0.3 is 15.0 Å². The standard InChI is InChI=1S/C28H42N4O2/c1-4-5-19-34-28(33)26-7-6-12-29-13-10-25(11-14-30-21-26)22-31-15-17-32(18-16-31)27-9-8-23(2)24(3)20-27/h6-9,12,20-21,25,29H,4-5,10-11,13-19,22H2,1-3H3/b12-6+,26-7+,30-21?. The van der Waals surface area contributed by atoms with E-state index in [1.54, 1.807) is 12.3 Å². The molecule has 1 atom stereocenters. The maximum atomic E-state index is 12.3. The van der Waals surface area contributed by atoms with Crippen molar-refractivity contribution < 1.29 is 9.53 Å². The number of rotatable bonds is 7. The summed E-state index contributed by atoms with van der Waals surface area (Å²) in [6.07, 6.45) is 11.3. The van der Waals surface area contributed by atoms with Gasteiger partial charge in [0.1, 0.15) is 0 Å². The van der Waals surface area contributed by atoms with E-state index in [1.807, 2.05) is 12.3 Å². The van der Waals surface area contributed by atoms with Crippen LogP contribution in [0.1, 0.15) is 43.7 Å². The van der Waals surface area contributed by atoms with Crippen LogP contribution in [-0.4, -0.2) is 69.5 Å². The monoisotopic (exact) mass is 466 g/mol. The number of unbranched alkanes of at least 4 members (excludes halogenated alkanes) is 1. The topological polar surface area (TPSA) is 57.2 Å². The Labute approximate surface area is 205 Å². The van der Waals surface area contributed by atoms with Gasteiger partial charge in [0.05, 0.1) is 12.2 Å². The lowest BCUT2D eigenvalue weighted by Crippen LogP contribution is -2.48. The first-order valence-corrected chi connectivity index (χ1v) is 12.9. The Morgan fingerprint density at radius 2 is 1.97 bits per heavy atom. The van der Waals surface area contributed by atoms with Crippen molar-refractivity contribution in [3.8, 4) is 0 Å². The van der Waals surface area contributed by atoms with Gasteiger partial charge in [-0.2, -0.15) is 0 Å². The first-order chi connectivity index (χ1) is 16.6. The Hall–Kier alpha value is -2.60. The van der Waals surface area contributed by atoms with E-state index in [0.29, 0.717) is 18.1 Å². The van der Waals surface area contributed by atoms with Crippen LogP contribution in [0.15, 0.2) is 47.1 Å². The molecule has 6 nitrogen and oxygen atoms in total. The smallest absolute Gasteiger partial charge is 0.339 e. The summed E-state index contributed by atoms with van der Waals surface area (Å²) >= 11 is 0. The number of hydrogen-bond donors (Lipinski definition) is 1. The molecule has 1 N–H and O–H groups in total. The summed E-state index contributed by atoms with van der Waals surface area (Å²) in [7, 11) is 0. The largest absolute Gasteiger partial charge is 0.462 e. The van der Waals surface area contributed by atoms with Crippen LogP contribution in [-0.2, 0) is 9.53 Å². The number of esters is 1. The number of aliphatic imine (C=N–C) groups is 1. The summed E-state index contributed by atoms with van der Waals surface area (Å²) in [6, 6.07) is 6.80. The van der Waals surface area contributed by atoms with E-state index in [2.05, 4.69) is 59.1 Å². The number of hydrogen-bond acceptors (Lipinski definition) is 6. The van der Waals surface area contributed by atoms with E-state index in [0.717, 1.165) is 71.5 Å². The lowest BCUT2D eigenvalue weighted by atomic mass is 10.00. The fourth-order valence-electron chi connectivity index (χ4n) is 4.37. The van der Waals surface area contributed by atoms with Crippen LogP contribution >= 0.6 is 0 Å². The quantitative estimate of drug-likeness (QED) is 0.480. The average Bonchev–Trinajstić information content (AvgIpc) is 2.83. The summed E-state index contributed by atoms with van der Waals surface area (Å²) in [5.74, 6) is 0.284. The first-order valence-electron chi connectivity index (χ1n) is 12.9. The number of carbonyl (C=O) groups is 1. The Bertz CT molecular complexity index is 869. The van der Waals surface area contributed by atoms with Gasteiger partial charge in [-0.1, -0.05) is 19.4 Å². The lowest BCUT2D eigenvalue weighted by Gasteiger charge is -2.38. The molecule has 0 aromatic heterocycles. The van der Waals surface area contributed by atoms with Crippen molar-refractivity contribution in [1.82, 2.24) is 10.2 Å². The van der Waals surface area contributed by atoms with Crippen LogP contribution in [0.5, 0.6) is 0 Å². The van der Waals surface area contributed by atoms with Crippen LogP contribution in [0.25, 0.3) is 0 Å². The number of allylic oxidation sites excluding steroid dienone is 2. The molecule has 0 aliphatic carbocycles. The second kappa shape index (κ2) is 14.0. The zero-order valence-corrected chi connectivity index (χ0v) is 21.3. The Balaban J connectivity index is 1.49. The molecule has 3 rings (SSSR count). The third-order valence-corrected chi connectivity index (χ3v) is 6.79. The number of carbonyl (C=O) groups excluding carboxylic acids is 1. The van der Waals surface area contributed by atoms with E-state index in [-0.39, 0.29) is 5.97 Å². The van der Waals surface area contributed by atoms with Gasteiger partial charge in [-0.05, 0) is 80.6 Å². The van der Waals surface area contributed by atoms with Gasteiger partial charge in [0.2, 0.25) is 0 Å².